The summed E-state index contributed by atoms with van der Waals surface area (Å²) in [6.07, 6.45) is 1.35. The Bertz CT molecular complexity index is 1350. The number of aromatic nitrogens is 2. The summed E-state index contributed by atoms with van der Waals surface area (Å²) in [5.74, 6) is 0.0111. The summed E-state index contributed by atoms with van der Waals surface area (Å²) in [5, 5.41) is 13.3. The molecule has 0 bridgehead atoms. The zero-order chi connectivity index (χ0) is 22.1. The van der Waals surface area contributed by atoms with Gasteiger partial charge < -0.3 is 0 Å². The summed E-state index contributed by atoms with van der Waals surface area (Å²) in [7, 11) is 0. The van der Waals surface area contributed by atoms with Crippen LogP contribution in [0.25, 0.3) is 21.3 Å². The number of carbonyl (C=O) groups excluding carboxylic acids is 1. The van der Waals surface area contributed by atoms with Crippen molar-refractivity contribution in [2.45, 2.75) is 26.3 Å². The van der Waals surface area contributed by atoms with Gasteiger partial charge in [0.25, 0.3) is 11.2 Å². The van der Waals surface area contributed by atoms with Crippen molar-refractivity contribution in [3.8, 4) is 11.1 Å². The molecule has 0 atom stereocenters. The molecule has 0 saturated heterocycles. The van der Waals surface area contributed by atoms with Gasteiger partial charge in [-0.3, -0.25) is 24.3 Å². The van der Waals surface area contributed by atoms with E-state index in [0.29, 0.717) is 16.1 Å². The van der Waals surface area contributed by atoms with Crippen LogP contribution in [0.15, 0.2) is 65.0 Å². The van der Waals surface area contributed by atoms with Crippen LogP contribution in [0.2, 0.25) is 0 Å². The van der Waals surface area contributed by atoms with Crippen LogP contribution in [0, 0.1) is 10.1 Å². The van der Waals surface area contributed by atoms with Gasteiger partial charge in [0.2, 0.25) is 0 Å². The van der Waals surface area contributed by atoms with Crippen molar-refractivity contribution in [2.24, 2.45) is 0 Å². The summed E-state index contributed by atoms with van der Waals surface area (Å²) in [4.78, 5) is 41.2. The number of non-ortho nitro benzene ring substituents is 1. The average Bonchev–Trinajstić information content (AvgIpc) is 3.20. The third kappa shape index (κ3) is 4.02. The molecule has 0 aliphatic rings. The standard InChI is InChI=1S/C23H19N3O4S/c1-14(2)15-6-8-16(9-7-15)19-12-31-22-21(19)23(28)25(13-24-22)11-20(27)17-4-3-5-18(10-17)26(29)30/h3-10,12-14H,11H2,1-2H3. The topological polar surface area (TPSA) is 95.1 Å². The molecule has 0 saturated carbocycles. The van der Waals surface area contributed by atoms with E-state index in [-0.39, 0.29) is 23.4 Å². The van der Waals surface area contributed by atoms with E-state index in [2.05, 4.69) is 18.8 Å². The van der Waals surface area contributed by atoms with Gasteiger partial charge in [-0.25, -0.2) is 4.98 Å². The Balaban J connectivity index is 1.70. The Labute approximate surface area is 181 Å². The van der Waals surface area contributed by atoms with Gasteiger partial charge in [-0.2, -0.15) is 0 Å². The molecule has 0 aliphatic heterocycles. The SMILES string of the molecule is CC(C)c1ccc(-c2csc3ncn(CC(=O)c4cccc([N+](=O)[O-])c4)c(=O)c23)cc1. The molecule has 0 amide bonds. The lowest BCUT2D eigenvalue weighted by molar-refractivity contribution is -0.384. The minimum absolute atomic E-state index is 0.170. The number of hydrogen-bond donors (Lipinski definition) is 0. The van der Waals surface area contributed by atoms with E-state index in [1.807, 2.05) is 29.6 Å². The molecule has 4 rings (SSSR count). The fourth-order valence-corrected chi connectivity index (χ4v) is 4.29. The minimum atomic E-state index is -0.557. The number of hydrogen-bond acceptors (Lipinski definition) is 6. The minimum Gasteiger partial charge on any atom is -0.292 e. The molecule has 156 valence electrons. The van der Waals surface area contributed by atoms with Crippen LogP contribution >= 0.6 is 11.3 Å². The summed E-state index contributed by atoms with van der Waals surface area (Å²) >= 11 is 1.38. The first-order chi connectivity index (χ1) is 14.8. The molecule has 2 aromatic heterocycles. The fourth-order valence-electron chi connectivity index (χ4n) is 3.38. The third-order valence-electron chi connectivity index (χ3n) is 5.14. The van der Waals surface area contributed by atoms with Crippen LogP contribution in [-0.2, 0) is 6.54 Å². The van der Waals surface area contributed by atoms with Crippen LogP contribution in [0.3, 0.4) is 0 Å². The molecule has 0 radical (unpaired) electrons. The highest BCUT2D eigenvalue weighted by Gasteiger charge is 2.17. The highest BCUT2D eigenvalue weighted by atomic mass is 32.1. The predicted octanol–water partition coefficient (Wildman–Crippen LogP) is 5.04. The van der Waals surface area contributed by atoms with E-state index < -0.39 is 10.7 Å². The van der Waals surface area contributed by atoms with Crippen molar-refractivity contribution < 1.29 is 9.72 Å². The summed E-state index contributed by atoms with van der Waals surface area (Å²) in [5.41, 5.74) is 2.60. The lowest BCUT2D eigenvalue weighted by Gasteiger charge is -2.08. The Kier molecular flexibility index (Phi) is 5.48. The molecule has 0 unspecified atom stereocenters. The van der Waals surface area contributed by atoms with Crippen molar-refractivity contribution in [2.75, 3.05) is 0 Å². The lowest BCUT2D eigenvalue weighted by atomic mass is 9.99. The predicted molar refractivity (Wildman–Crippen MR) is 121 cm³/mol. The second-order valence-electron chi connectivity index (χ2n) is 7.51. The molecule has 4 aromatic rings. The van der Waals surface area contributed by atoms with E-state index in [9.17, 15) is 19.7 Å². The molecule has 0 fully saturated rings. The molecule has 0 N–H and O–H groups in total. The zero-order valence-electron chi connectivity index (χ0n) is 16.9. The van der Waals surface area contributed by atoms with Crippen LogP contribution in [0.5, 0.6) is 0 Å². The number of nitro benzene ring substituents is 1. The largest absolute Gasteiger partial charge is 0.292 e. The summed E-state index contributed by atoms with van der Waals surface area (Å²) in [6, 6.07) is 13.6. The summed E-state index contributed by atoms with van der Waals surface area (Å²) < 4.78 is 1.25. The first kappa shape index (κ1) is 20.6. The number of thiophene rings is 1. The highest BCUT2D eigenvalue weighted by molar-refractivity contribution is 7.17. The monoisotopic (exact) mass is 433 g/mol. The number of rotatable bonds is 6. The number of carbonyl (C=O) groups is 1. The number of nitrogens with zero attached hydrogens (tertiary/aromatic N) is 3. The second-order valence-corrected chi connectivity index (χ2v) is 8.37. The van der Waals surface area contributed by atoms with Gasteiger partial charge in [-0.05, 0) is 17.0 Å². The quantitative estimate of drug-likeness (QED) is 0.241. The van der Waals surface area contributed by atoms with Gasteiger partial charge in [-0.15, -0.1) is 11.3 Å². The fraction of sp³-hybridized carbons (Fsp3) is 0.174. The van der Waals surface area contributed by atoms with Crippen molar-refractivity contribution in [1.82, 2.24) is 9.55 Å². The van der Waals surface area contributed by atoms with Crippen molar-refractivity contribution in [1.29, 1.82) is 0 Å². The Morgan fingerprint density at radius 2 is 1.94 bits per heavy atom. The van der Waals surface area contributed by atoms with Gasteiger partial charge in [0.1, 0.15) is 4.83 Å². The van der Waals surface area contributed by atoms with E-state index in [0.717, 1.165) is 11.1 Å². The normalized spacial score (nSPS) is 11.2. The maximum Gasteiger partial charge on any atom is 0.270 e. The number of fused-ring (bicyclic) bond motifs is 1. The lowest BCUT2D eigenvalue weighted by Crippen LogP contribution is -2.24. The van der Waals surface area contributed by atoms with Crippen molar-refractivity contribution in [3.63, 3.8) is 0 Å². The maximum atomic E-state index is 13.2. The molecular weight excluding hydrogens is 414 g/mol. The summed E-state index contributed by atoms with van der Waals surface area (Å²) in [6.45, 7) is 4.00. The second kappa shape index (κ2) is 8.23. The maximum absolute atomic E-state index is 13.2. The Morgan fingerprint density at radius 1 is 1.19 bits per heavy atom. The number of nitro groups is 1. The number of Topliss-reactive ketones (excluding diaryl/α,β-unsaturated/α-hetero) is 1. The molecule has 0 spiro atoms. The zero-order valence-corrected chi connectivity index (χ0v) is 17.8. The van der Waals surface area contributed by atoms with Gasteiger partial charge in [0.05, 0.1) is 23.2 Å². The molecule has 8 heteroatoms. The van der Waals surface area contributed by atoms with Gasteiger partial charge in [-0.1, -0.05) is 50.2 Å². The molecule has 2 heterocycles. The van der Waals surface area contributed by atoms with Crippen LogP contribution in [0.1, 0.15) is 35.7 Å². The van der Waals surface area contributed by atoms with Gasteiger partial charge >= 0.3 is 0 Å². The number of benzene rings is 2. The van der Waals surface area contributed by atoms with Crippen LogP contribution in [0.4, 0.5) is 5.69 Å². The number of ketones is 1. The van der Waals surface area contributed by atoms with E-state index >= 15 is 0 Å². The molecular formula is C23H19N3O4S. The molecule has 2 aromatic carbocycles. The third-order valence-corrected chi connectivity index (χ3v) is 6.03. The van der Waals surface area contributed by atoms with E-state index in [4.69, 9.17) is 0 Å². The average molecular weight is 433 g/mol. The smallest absolute Gasteiger partial charge is 0.270 e. The first-order valence-electron chi connectivity index (χ1n) is 9.70. The first-order valence-corrected chi connectivity index (χ1v) is 10.6. The molecule has 7 nitrogen and oxygen atoms in total. The van der Waals surface area contributed by atoms with Gasteiger partial charge in [0, 0.05) is 28.6 Å². The van der Waals surface area contributed by atoms with Crippen LogP contribution in [-0.4, -0.2) is 20.3 Å². The van der Waals surface area contributed by atoms with E-state index in [1.54, 1.807) is 0 Å². The van der Waals surface area contributed by atoms with E-state index in [1.165, 1.54) is 52.1 Å². The van der Waals surface area contributed by atoms with Gasteiger partial charge in [0.15, 0.2) is 5.78 Å². The highest BCUT2D eigenvalue weighted by Crippen LogP contribution is 2.31. The van der Waals surface area contributed by atoms with Crippen molar-refractivity contribution >= 4 is 33.0 Å². The Hall–Kier alpha value is -3.65. The van der Waals surface area contributed by atoms with Crippen LogP contribution < -0.4 is 5.56 Å². The molecule has 31 heavy (non-hydrogen) atoms. The molecule has 0 aliphatic carbocycles. The Morgan fingerprint density at radius 3 is 2.61 bits per heavy atom. The van der Waals surface area contributed by atoms with Crippen molar-refractivity contribution in [3.05, 3.63) is 91.8 Å².